The largest absolute Gasteiger partial charge is 0.497 e. The Hall–Kier alpha value is -3.82. The molecule has 4 aromatic rings. The van der Waals surface area contributed by atoms with Crippen LogP contribution in [0.15, 0.2) is 77.4 Å². The van der Waals surface area contributed by atoms with Crippen molar-refractivity contribution in [3.05, 3.63) is 83.0 Å². The molecule has 1 aliphatic rings. The number of amides is 1. The quantitative estimate of drug-likeness (QED) is 0.272. The highest BCUT2D eigenvalue weighted by atomic mass is 32.2. The van der Waals surface area contributed by atoms with Gasteiger partial charge in [-0.25, -0.2) is 9.98 Å². The number of ether oxygens (including phenoxy) is 2. The number of aliphatic imine (C=N–C) groups is 1. The number of carbonyl (C=O) groups excluding carboxylic acids is 1. The lowest BCUT2D eigenvalue weighted by Crippen LogP contribution is -2.28. The van der Waals surface area contributed by atoms with Crippen LogP contribution in [0.1, 0.15) is 30.3 Å². The molecule has 2 heterocycles. The third kappa shape index (κ3) is 5.12. The van der Waals surface area contributed by atoms with Gasteiger partial charge < -0.3 is 20.5 Å². The van der Waals surface area contributed by atoms with E-state index in [-0.39, 0.29) is 5.91 Å². The lowest BCUT2D eigenvalue weighted by Gasteiger charge is -2.15. The molecule has 0 radical (unpaired) electrons. The van der Waals surface area contributed by atoms with Crippen LogP contribution >= 0.6 is 23.1 Å². The van der Waals surface area contributed by atoms with Gasteiger partial charge in [-0.05, 0) is 47.9 Å². The van der Waals surface area contributed by atoms with E-state index in [0.717, 1.165) is 20.9 Å². The minimum Gasteiger partial charge on any atom is -0.497 e. The molecular weight excluding hydrogens is 516 g/mol. The molecule has 0 unspecified atom stereocenters. The normalized spacial score (nSPS) is 16.4. The van der Waals surface area contributed by atoms with E-state index in [1.807, 2.05) is 36.4 Å². The highest BCUT2D eigenvalue weighted by Gasteiger charge is 2.37. The number of carbonyl (C=O) groups is 1. The zero-order valence-electron chi connectivity index (χ0n) is 21.5. The van der Waals surface area contributed by atoms with Gasteiger partial charge in [0.05, 0.1) is 41.4 Å². The van der Waals surface area contributed by atoms with Crippen molar-refractivity contribution in [3.63, 3.8) is 0 Å². The first-order valence-electron chi connectivity index (χ1n) is 12.1. The van der Waals surface area contributed by atoms with Crippen LogP contribution in [-0.2, 0) is 4.79 Å². The number of nitrogens with zero attached hydrogens (tertiary/aromatic N) is 2. The van der Waals surface area contributed by atoms with Gasteiger partial charge in [0.25, 0.3) is 0 Å². The Bertz CT molecular complexity index is 1520. The Morgan fingerprint density at radius 1 is 1.05 bits per heavy atom. The second-order valence-corrected chi connectivity index (χ2v) is 11.2. The molecule has 0 aliphatic carbocycles. The van der Waals surface area contributed by atoms with Crippen molar-refractivity contribution in [1.29, 1.82) is 0 Å². The van der Waals surface area contributed by atoms with Crippen LogP contribution in [0.5, 0.6) is 11.5 Å². The molecule has 5 rings (SSSR count). The van der Waals surface area contributed by atoms with Gasteiger partial charge in [-0.15, -0.1) is 11.3 Å². The minimum atomic E-state index is -0.693. The molecule has 3 aromatic carbocycles. The Kier molecular flexibility index (Phi) is 7.40. The summed E-state index contributed by atoms with van der Waals surface area (Å²) in [4.78, 5) is 23.3. The van der Waals surface area contributed by atoms with E-state index in [1.54, 1.807) is 32.4 Å². The molecule has 9 heteroatoms. The Balaban J connectivity index is 1.54. The molecule has 1 aromatic heterocycles. The highest BCUT2D eigenvalue weighted by Crippen LogP contribution is 2.42. The number of hydrogen-bond acceptors (Lipinski definition) is 8. The van der Waals surface area contributed by atoms with Crippen LogP contribution in [0.2, 0.25) is 0 Å². The van der Waals surface area contributed by atoms with Crippen LogP contribution in [0.25, 0.3) is 15.8 Å². The van der Waals surface area contributed by atoms with Crippen LogP contribution in [0.4, 0.5) is 11.4 Å². The average molecular weight is 545 g/mol. The number of aromatic nitrogens is 1. The second kappa shape index (κ2) is 10.9. The SMILES string of the molecule is COc1ccc(OC)c(NC(=O)[C@H]2SC(=Nc3ccc(C(C)C)cc3)C(c3nc4ccccc4s3)=C2N)c1. The van der Waals surface area contributed by atoms with Gasteiger partial charge >= 0.3 is 0 Å². The molecule has 194 valence electrons. The van der Waals surface area contributed by atoms with E-state index in [9.17, 15) is 4.79 Å². The maximum Gasteiger partial charge on any atom is 0.244 e. The number of nitrogens with two attached hydrogens (primary N) is 1. The topological polar surface area (TPSA) is 98.8 Å². The number of anilines is 1. The molecule has 0 saturated heterocycles. The smallest absolute Gasteiger partial charge is 0.244 e. The number of thiazole rings is 1. The number of fused-ring (bicyclic) bond motifs is 1. The first-order valence-corrected chi connectivity index (χ1v) is 13.8. The fourth-order valence-corrected chi connectivity index (χ4v) is 6.34. The molecule has 7 nitrogen and oxygen atoms in total. The van der Waals surface area contributed by atoms with E-state index in [0.29, 0.717) is 39.4 Å². The molecule has 1 aliphatic heterocycles. The first-order chi connectivity index (χ1) is 18.4. The minimum absolute atomic E-state index is 0.280. The van der Waals surface area contributed by atoms with Crippen molar-refractivity contribution in [2.45, 2.75) is 25.0 Å². The summed E-state index contributed by atoms with van der Waals surface area (Å²) in [7, 11) is 3.12. The predicted molar refractivity (Wildman–Crippen MR) is 158 cm³/mol. The van der Waals surface area contributed by atoms with E-state index in [2.05, 4.69) is 31.3 Å². The van der Waals surface area contributed by atoms with E-state index >= 15 is 0 Å². The van der Waals surface area contributed by atoms with Crippen molar-refractivity contribution < 1.29 is 14.3 Å². The molecule has 0 fully saturated rings. The number of methoxy groups -OCH3 is 2. The summed E-state index contributed by atoms with van der Waals surface area (Å²) in [5.74, 6) is 1.27. The number of hydrogen-bond donors (Lipinski definition) is 2. The van der Waals surface area contributed by atoms with Crippen molar-refractivity contribution in [2.75, 3.05) is 19.5 Å². The van der Waals surface area contributed by atoms with Crippen molar-refractivity contribution >= 4 is 61.2 Å². The second-order valence-electron chi connectivity index (χ2n) is 9.03. The number of rotatable bonds is 7. The van der Waals surface area contributed by atoms with Crippen LogP contribution in [0, 0.1) is 0 Å². The lowest BCUT2D eigenvalue weighted by atomic mass is 10.0. The monoisotopic (exact) mass is 544 g/mol. The Labute approximate surface area is 229 Å². The summed E-state index contributed by atoms with van der Waals surface area (Å²) in [6.45, 7) is 4.31. The maximum atomic E-state index is 13.5. The summed E-state index contributed by atoms with van der Waals surface area (Å²) in [5, 5.41) is 3.67. The highest BCUT2D eigenvalue weighted by molar-refractivity contribution is 8.16. The van der Waals surface area contributed by atoms with Gasteiger partial charge in [-0.3, -0.25) is 4.79 Å². The Morgan fingerprint density at radius 2 is 1.82 bits per heavy atom. The van der Waals surface area contributed by atoms with E-state index < -0.39 is 5.25 Å². The number of nitrogens with one attached hydrogen (secondary N) is 1. The summed E-state index contributed by atoms with van der Waals surface area (Å²) >= 11 is 2.86. The standard InChI is InChI=1S/C29H28N4O3S2/c1-16(2)17-9-11-18(12-10-17)31-28-24(29-33-20-7-5-6-8-23(20)37-29)25(30)26(38-28)27(34)32-21-15-19(35-3)13-14-22(21)36-4/h5-16,26H,30H2,1-4H3,(H,32,34)/t26-/m0/s1. The molecule has 0 bridgehead atoms. The third-order valence-corrected chi connectivity index (χ3v) is 8.49. The van der Waals surface area contributed by atoms with E-state index in [4.69, 9.17) is 25.2 Å². The van der Waals surface area contributed by atoms with Crippen LogP contribution in [0.3, 0.4) is 0 Å². The lowest BCUT2D eigenvalue weighted by molar-refractivity contribution is -0.115. The fraction of sp³-hybridized carbons (Fsp3) is 0.207. The summed E-state index contributed by atoms with van der Waals surface area (Å²) in [6.07, 6.45) is 0. The van der Waals surface area contributed by atoms with Crippen LogP contribution < -0.4 is 20.5 Å². The molecular formula is C29H28N4O3S2. The summed E-state index contributed by atoms with van der Waals surface area (Å²) in [5.41, 5.74) is 11.2. The van der Waals surface area contributed by atoms with Gasteiger partial charge in [-0.1, -0.05) is 49.9 Å². The van der Waals surface area contributed by atoms with Gasteiger partial charge in [0.1, 0.15) is 26.8 Å². The van der Waals surface area contributed by atoms with Gasteiger partial charge in [-0.2, -0.15) is 0 Å². The number of thioether (sulfide) groups is 1. The maximum absolute atomic E-state index is 13.5. The van der Waals surface area contributed by atoms with Gasteiger partial charge in [0, 0.05) is 11.8 Å². The number of para-hydroxylation sites is 1. The van der Waals surface area contributed by atoms with Gasteiger partial charge in [0.15, 0.2) is 0 Å². The molecule has 0 spiro atoms. The first kappa shape index (κ1) is 25.8. The van der Waals surface area contributed by atoms with Crippen molar-refractivity contribution in [2.24, 2.45) is 10.7 Å². The van der Waals surface area contributed by atoms with Crippen molar-refractivity contribution in [1.82, 2.24) is 4.98 Å². The fourth-order valence-electron chi connectivity index (χ4n) is 4.12. The number of benzene rings is 3. The third-order valence-electron chi connectivity index (χ3n) is 6.22. The Morgan fingerprint density at radius 3 is 2.50 bits per heavy atom. The average Bonchev–Trinajstić information content (AvgIpc) is 3.49. The molecule has 3 N–H and O–H groups in total. The molecule has 38 heavy (non-hydrogen) atoms. The predicted octanol–water partition coefficient (Wildman–Crippen LogP) is 6.59. The molecule has 0 saturated carbocycles. The van der Waals surface area contributed by atoms with Gasteiger partial charge in [0.2, 0.25) is 5.91 Å². The summed E-state index contributed by atoms with van der Waals surface area (Å²) < 4.78 is 11.8. The zero-order chi connectivity index (χ0) is 26.8. The summed E-state index contributed by atoms with van der Waals surface area (Å²) in [6, 6.07) is 21.3. The van der Waals surface area contributed by atoms with Crippen LogP contribution in [-0.4, -0.2) is 35.4 Å². The molecule has 1 atom stereocenters. The molecule has 1 amide bonds. The van der Waals surface area contributed by atoms with E-state index in [1.165, 1.54) is 28.7 Å². The van der Waals surface area contributed by atoms with Crippen molar-refractivity contribution in [3.8, 4) is 11.5 Å². The zero-order valence-corrected chi connectivity index (χ0v) is 23.2.